The van der Waals surface area contributed by atoms with E-state index in [-0.39, 0.29) is 24.0 Å². The third-order valence-corrected chi connectivity index (χ3v) is 6.47. The molecule has 1 N–H and O–H groups in total. The highest BCUT2D eigenvalue weighted by Gasteiger charge is 2.51. The molecule has 4 aliphatic carbocycles. The fourth-order valence-corrected chi connectivity index (χ4v) is 5.79. The van der Waals surface area contributed by atoms with Crippen LogP contribution in [0.2, 0.25) is 0 Å². The van der Waals surface area contributed by atoms with Crippen molar-refractivity contribution in [3.05, 3.63) is 48.0 Å². The van der Waals surface area contributed by atoms with Crippen LogP contribution in [-0.2, 0) is 6.73 Å². The molecule has 1 aromatic carbocycles. The third kappa shape index (κ3) is 3.33. The molecule has 0 unspecified atom stereocenters. The van der Waals surface area contributed by atoms with Gasteiger partial charge in [-0.25, -0.2) is 9.07 Å². The minimum Gasteiger partial charge on any atom is -0.471 e. The van der Waals surface area contributed by atoms with Crippen molar-refractivity contribution in [3.8, 4) is 5.75 Å². The van der Waals surface area contributed by atoms with Gasteiger partial charge in [-0.05, 0) is 86.6 Å². The Hall–Kier alpha value is -2.37. The fraction of sp³-hybridized carbons (Fsp3) is 0.524. The molecule has 0 aliphatic heterocycles. The van der Waals surface area contributed by atoms with E-state index in [9.17, 15) is 9.18 Å². The van der Waals surface area contributed by atoms with Gasteiger partial charge in [0.25, 0.3) is 5.91 Å². The van der Waals surface area contributed by atoms with Crippen LogP contribution >= 0.6 is 0 Å². The molecule has 6 rings (SSSR count). The van der Waals surface area contributed by atoms with Gasteiger partial charge in [-0.15, -0.1) is 0 Å². The van der Waals surface area contributed by atoms with Crippen LogP contribution in [0.5, 0.6) is 5.75 Å². The van der Waals surface area contributed by atoms with E-state index < -0.39 is 0 Å². The molecule has 6 heteroatoms. The Bertz CT molecular complexity index is 810. The minimum absolute atomic E-state index is 0.0137. The van der Waals surface area contributed by atoms with Crippen LogP contribution in [0.15, 0.2) is 36.5 Å². The molecular formula is C21H24FN3O2. The average Bonchev–Trinajstić information content (AvgIpc) is 3.09. The number of carbonyl (C=O) groups is 1. The Morgan fingerprint density at radius 3 is 2.37 bits per heavy atom. The molecule has 2 aromatic rings. The van der Waals surface area contributed by atoms with Crippen LogP contribution in [0.1, 0.15) is 49.0 Å². The summed E-state index contributed by atoms with van der Waals surface area (Å²) in [7, 11) is 0. The summed E-state index contributed by atoms with van der Waals surface area (Å²) in [6, 6.07) is 7.56. The maximum Gasteiger partial charge on any atom is 0.272 e. The van der Waals surface area contributed by atoms with Crippen LogP contribution < -0.4 is 10.1 Å². The number of ether oxygens (including phenoxy) is 1. The summed E-state index contributed by atoms with van der Waals surface area (Å²) in [5.41, 5.74) is 0.411. The lowest BCUT2D eigenvalue weighted by molar-refractivity contribution is -0.0168. The highest BCUT2D eigenvalue weighted by Crippen LogP contribution is 2.55. The van der Waals surface area contributed by atoms with Gasteiger partial charge in [0.2, 0.25) is 0 Å². The molecule has 142 valence electrons. The number of nitrogens with one attached hydrogen (secondary N) is 1. The second-order valence-electron chi connectivity index (χ2n) is 8.62. The van der Waals surface area contributed by atoms with Crippen molar-refractivity contribution in [2.75, 3.05) is 0 Å². The molecular weight excluding hydrogens is 345 g/mol. The van der Waals surface area contributed by atoms with Gasteiger partial charge in [-0.3, -0.25) is 4.79 Å². The summed E-state index contributed by atoms with van der Waals surface area (Å²) in [5, 5.41) is 7.68. The lowest BCUT2D eigenvalue weighted by Gasteiger charge is -2.56. The monoisotopic (exact) mass is 369 g/mol. The smallest absolute Gasteiger partial charge is 0.272 e. The number of hydrogen-bond donors (Lipinski definition) is 1. The number of carbonyl (C=O) groups excluding carboxylic acids is 1. The maximum absolute atomic E-state index is 12.9. The maximum atomic E-state index is 12.9. The Morgan fingerprint density at radius 2 is 1.74 bits per heavy atom. The van der Waals surface area contributed by atoms with Crippen LogP contribution in [-0.4, -0.2) is 21.2 Å². The molecule has 4 aliphatic rings. The number of halogens is 1. The molecule has 4 fully saturated rings. The summed E-state index contributed by atoms with van der Waals surface area (Å²) in [6.45, 7) is 0.177. The number of rotatable bonds is 5. The number of nitrogens with zero attached hydrogens (tertiary/aromatic N) is 2. The first kappa shape index (κ1) is 16.8. The largest absolute Gasteiger partial charge is 0.471 e. The second kappa shape index (κ2) is 6.36. The molecule has 0 atom stereocenters. The number of hydrogen-bond acceptors (Lipinski definition) is 3. The lowest BCUT2D eigenvalue weighted by Crippen LogP contribution is -2.59. The van der Waals surface area contributed by atoms with Crippen molar-refractivity contribution in [1.29, 1.82) is 0 Å². The van der Waals surface area contributed by atoms with E-state index in [1.807, 2.05) is 0 Å². The van der Waals surface area contributed by atoms with E-state index in [1.54, 1.807) is 29.1 Å². The standard InChI is InChI=1S/C21H24FN3O2/c22-17-1-3-18(4-2-17)27-13-25-6-5-19(24-25)20(26)23-21-10-14-7-15(11-21)9-16(8-14)12-21/h1-6,14-16H,7-13H2,(H,23,26). The van der Waals surface area contributed by atoms with Gasteiger partial charge in [-0.2, -0.15) is 5.10 Å². The molecule has 27 heavy (non-hydrogen) atoms. The first-order valence-corrected chi connectivity index (χ1v) is 9.81. The molecule has 1 heterocycles. The normalized spacial score (nSPS) is 31.1. The van der Waals surface area contributed by atoms with Crippen LogP contribution in [0, 0.1) is 23.6 Å². The van der Waals surface area contributed by atoms with Gasteiger partial charge in [0, 0.05) is 11.7 Å². The zero-order chi connectivity index (χ0) is 18.4. The van der Waals surface area contributed by atoms with E-state index in [0.29, 0.717) is 11.4 Å². The van der Waals surface area contributed by atoms with Gasteiger partial charge in [0.15, 0.2) is 6.73 Å². The van der Waals surface area contributed by atoms with Crippen LogP contribution in [0.25, 0.3) is 0 Å². The van der Waals surface area contributed by atoms with E-state index in [1.165, 1.54) is 31.4 Å². The van der Waals surface area contributed by atoms with Gasteiger partial charge >= 0.3 is 0 Å². The summed E-state index contributed by atoms with van der Waals surface area (Å²) in [4.78, 5) is 12.8. The number of benzene rings is 1. The van der Waals surface area contributed by atoms with Crippen molar-refractivity contribution >= 4 is 5.91 Å². The average molecular weight is 369 g/mol. The van der Waals surface area contributed by atoms with E-state index in [0.717, 1.165) is 37.0 Å². The quantitative estimate of drug-likeness (QED) is 0.873. The zero-order valence-corrected chi connectivity index (χ0v) is 15.2. The Labute approximate surface area is 157 Å². The predicted molar refractivity (Wildman–Crippen MR) is 97.6 cm³/mol. The molecule has 5 nitrogen and oxygen atoms in total. The molecule has 0 saturated heterocycles. The highest BCUT2D eigenvalue weighted by molar-refractivity contribution is 5.92. The van der Waals surface area contributed by atoms with Gasteiger partial charge in [-0.1, -0.05) is 0 Å². The van der Waals surface area contributed by atoms with Gasteiger partial charge in [0.1, 0.15) is 17.3 Å². The second-order valence-corrected chi connectivity index (χ2v) is 8.62. The fourth-order valence-electron chi connectivity index (χ4n) is 5.79. The lowest BCUT2D eigenvalue weighted by atomic mass is 9.53. The SMILES string of the molecule is O=C(NC12CC3CC(CC(C3)C1)C2)c1ccn(COc2ccc(F)cc2)n1. The minimum atomic E-state index is -0.301. The first-order chi connectivity index (χ1) is 13.1. The molecule has 1 aromatic heterocycles. The molecule has 4 bridgehead atoms. The molecule has 4 saturated carbocycles. The Kier molecular flexibility index (Phi) is 3.95. The summed E-state index contributed by atoms with van der Waals surface area (Å²) in [6.07, 6.45) is 9.16. The van der Waals surface area contributed by atoms with E-state index in [2.05, 4.69) is 10.4 Å². The van der Waals surface area contributed by atoms with Gasteiger partial charge in [0.05, 0.1) is 0 Å². The van der Waals surface area contributed by atoms with Crippen molar-refractivity contribution in [2.45, 2.75) is 50.8 Å². The molecule has 0 spiro atoms. The predicted octanol–water partition coefficient (Wildman–Crippen LogP) is 3.76. The van der Waals surface area contributed by atoms with E-state index in [4.69, 9.17) is 4.74 Å². The zero-order valence-electron chi connectivity index (χ0n) is 15.2. The van der Waals surface area contributed by atoms with Crippen molar-refractivity contribution in [2.24, 2.45) is 17.8 Å². The highest BCUT2D eigenvalue weighted by atomic mass is 19.1. The number of amides is 1. The number of aromatic nitrogens is 2. The Balaban J connectivity index is 1.22. The van der Waals surface area contributed by atoms with Crippen molar-refractivity contribution in [1.82, 2.24) is 15.1 Å². The molecule has 0 radical (unpaired) electrons. The van der Waals surface area contributed by atoms with Crippen LogP contribution in [0.3, 0.4) is 0 Å². The summed E-state index contributed by atoms with van der Waals surface area (Å²) < 4.78 is 20.1. The Morgan fingerprint density at radius 1 is 1.11 bits per heavy atom. The van der Waals surface area contributed by atoms with E-state index >= 15 is 0 Å². The van der Waals surface area contributed by atoms with Gasteiger partial charge < -0.3 is 10.1 Å². The topological polar surface area (TPSA) is 56.2 Å². The van der Waals surface area contributed by atoms with Crippen molar-refractivity contribution in [3.63, 3.8) is 0 Å². The molecule has 1 amide bonds. The summed E-state index contributed by atoms with van der Waals surface area (Å²) in [5.74, 6) is 2.55. The van der Waals surface area contributed by atoms with Crippen molar-refractivity contribution < 1.29 is 13.9 Å². The summed E-state index contributed by atoms with van der Waals surface area (Å²) >= 11 is 0. The first-order valence-electron chi connectivity index (χ1n) is 9.81. The van der Waals surface area contributed by atoms with Crippen LogP contribution in [0.4, 0.5) is 4.39 Å². The third-order valence-electron chi connectivity index (χ3n) is 6.47.